The van der Waals surface area contributed by atoms with Crippen LogP contribution < -0.4 is 10.2 Å². The third kappa shape index (κ3) is 3.03. The van der Waals surface area contributed by atoms with Crippen LogP contribution in [0.2, 0.25) is 0 Å². The molecule has 0 aromatic heterocycles. The molecule has 0 radical (unpaired) electrons. The highest BCUT2D eigenvalue weighted by Gasteiger charge is 2.22. The smallest absolute Gasteiger partial charge is 0.246 e. The Morgan fingerprint density at radius 1 is 1.19 bits per heavy atom. The number of para-hydroxylation sites is 2. The zero-order chi connectivity index (χ0) is 14.7. The molecule has 0 aliphatic carbocycles. The molecule has 1 heterocycles. The Morgan fingerprint density at radius 3 is 2.81 bits per heavy atom. The molecule has 2 aromatic carbocycles. The minimum atomic E-state index is -0.347. The minimum Gasteiger partial charge on any atom is -0.374 e. The maximum Gasteiger partial charge on any atom is 0.246 e. The normalized spacial score (nSPS) is 13.7. The van der Waals surface area contributed by atoms with E-state index in [-0.39, 0.29) is 18.3 Å². The number of carbonyl (C=O) groups is 1. The van der Waals surface area contributed by atoms with E-state index in [0.717, 1.165) is 16.3 Å². The topological polar surface area (TPSA) is 32.3 Å². The molecule has 3 nitrogen and oxygen atoms in total. The molecule has 5 heteroatoms. The summed E-state index contributed by atoms with van der Waals surface area (Å²) in [6.07, 6.45) is 0. The highest BCUT2D eigenvalue weighted by atomic mass is 32.2. The van der Waals surface area contributed by atoms with Gasteiger partial charge >= 0.3 is 0 Å². The highest BCUT2D eigenvalue weighted by molar-refractivity contribution is 7.99. The van der Waals surface area contributed by atoms with Crippen molar-refractivity contribution in [1.82, 2.24) is 0 Å². The van der Waals surface area contributed by atoms with Gasteiger partial charge in [-0.2, -0.15) is 0 Å². The molecule has 0 spiro atoms. The standard InChI is InChI=1S/C16H15FN2OS/c17-12-5-1-2-6-13(12)18-11-16(20)19-9-10-21-15-8-4-3-7-14(15)19/h1-8,18H,9-11H2. The van der Waals surface area contributed by atoms with Crippen LogP contribution in [0, 0.1) is 5.82 Å². The molecule has 1 amide bonds. The summed E-state index contributed by atoms with van der Waals surface area (Å²) < 4.78 is 13.5. The van der Waals surface area contributed by atoms with Gasteiger partial charge in [-0.1, -0.05) is 24.3 Å². The number of hydrogen-bond acceptors (Lipinski definition) is 3. The summed E-state index contributed by atoms with van der Waals surface area (Å²) in [6, 6.07) is 14.2. The fraction of sp³-hybridized carbons (Fsp3) is 0.188. The molecule has 1 N–H and O–H groups in total. The Labute approximate surface area is 127 Å². The van der Waals surface area contributed by atoms with Gasteiger partial charge in [0.25, 0.3) is 0 Å². The summed E-state index contributed by atoms with van der Waals surface area (Å²) in [5.41, 5.74) is 1.29. The average Bonchev–Trinajstić information content (AvgIpc) is 2.53. The summed E-state index contributed by atoms with van der Waals surface area (Å²) in [4.78, 5) is 15.3. The van der Waals surface area contributed by atoms with Crippen molar-refractivity contribution in [3.63, 3.8) is 0 Å². The molecule has 2 aromatic rings. The summed E-state index contributed by atoms with van der Waals surface area (Å²) in [6.45, 7) is 0.763. The maximum absolute atomic E-state index is 13.5. The van der Waals surface area contributed by atoms with Crippen LogP contribution in [0.3, 0.4) is 0 Å². The molecule has 3 rings (SSSR count). The number of amides is 1. The third-order valence-electron chi connectivity index (χ3n) is 3.33. The molecular weight excluding hydrogens is 287 g/mol. The van der Waals surface area contributed by atoms with E-state index in [2.05, 4.69) is 5.32 Å². The van der Waals surface area contributed by atoms with Gasteiger partial charge in [0.1, 0.15) is 5.82 Å². The van der Waals surface area contributed by atoms with Crippen LogP contribution in [0.5, 0.6) is 0 Å². The summed E-state index contributed by atoms with van der Waals surface area (Å²) in [5.74, 6) is 0.480. The number of nitrogens with zero attached hydrogens (tertiary/aromatic N) is 1. The van der Waals surface area contributed by atoms with E-state index in [1.165, 1.54) is 6.07 Å². The van der Waals surface area contributed by atoms with Gasteiger partial charge < -0.3 is 10.2 Å². The van der Waals surface area contributed by atoms with Gasteiger partial charge in [0.15, 0.2) is 0 Å². The van der Waals surface area contributed by atoms with Crippen molar-refractivity contribution in [1.29, 1.82) is 0 Å². The molecule has 0 unspecified atom stereocenters. The first-order valence-corrected chi connectivity index (χ1v) is 7.75. The largest absolute Gasteiger partial charge is 0.374 e. The molecule has 0 fully saturated rings. The second kappa shape index (κ2) is 6.18. The van der Waals surface area contributed by atoms with Crippen molar-refractivity contribution < 1.29 is 9.18 Å². The lowest BCUT2D eigenvalue weighted by Gasteiger charge is -2.29. The van der Waals surface area contributed by atoms with Gasteiger partial charge in [-0.25, -0.2) is 4.39 Å². The fourth-order valence-electron chi connectivity index (χ4n) is 2.30. The van der Waals surface area contributed by atoms with Crippen LogP contribution in [-0.2, 0) is 4.79 Å². The first-order chi connectivity index (χ1) is 10.3. The van der Waals surface area contributed by atoms with E-state index in [4.69, 9.17) is 0 Å². The number of rotatable bonds is 3. The maximum atomic E-state index is 13.5. The molecule has 0 saturated carbocycles. The van der Waals surface area contributed by atoms with Crippen LogP contribution in [0.1, 0.15) is 0 Å². The van der Waals surface area contributed by atoms with Gasteiger partial charge in [-0.15, -0.1) is 11.8 Å². The average molecular weight is 302 g/mol. The number of nitrogens with one attached hydrogen (secondary N) is 1. The number of hydrogen-bond donors (Lipinski definition) is 1. The Bertz CT molecular complexity index is 662. The van der Waals surface area contributed by atoms with Gasteiger partial charge in [0, 0.05) is 17.2 Å². The molecule has 108 valence electrons. The number of fused-ring (bicyclic) bond motifs is 1. The zero-order valence-electron chi connectivity index (χ0n) is 11.4. The van der Waals surface area contributed by atoms with Gasteiger partial charge in [0.05, 0.1) is 17.9 Å². The number of thioether (sulfide) groups is 1. The third-order valence-corrected chi connectivity index (χ3v) is 4.38. The number of benzene rings is 2. The second-order valence-electron chi connectivity index (χ2n) is 4.69. The van der Waals surface area contributed by atoms with Crippen LogP contribution in [-0.4, -0.2) is 24.7 Å². The van der Waals surface area contributed by atoms with Crippen molar-refractivity contribution >= 4 is 29.0 Å². The molecule has 0 saturated heterocycles. The lowest BCUT2D eigenvalue weighted by molar-refractivity contribution is -0.117. The fourth-order valence-corrected chi connectivity index (χ4v) is 3.29. The molecule has 1 aliphatic rings. The van der Waals surface area contributed by atoms with Crippen molar-refractivity contribution in [2.45, 2.75) is 4.90 Å². The van der Waals surface area contributed by atoms with E-state index < -0.39 is 0 Å². The SMILES string of the molecule is O=C(CNc1ccccc1F)N1CCSc2ccccc21. The van der Waals surface area contributed by atoms with Crippen molar-refractivity contribution in [2.75, 3.05) is 29.1 Å². The Balaban J connectivity index is 1.71. The highest BCUT2D eigenvalue weighted by Crippen LogP contribution is 2.34. The van der Waals surface area contributed by atoms with Gasteiger partial charge in [-0.3, -0.25) is 4.79 Å². The summed E-state index contributed by atoms with van der Waals surface area (Å²) >= 11 is 1.75. The second-order valence-corrected chi connectivity index (χ2v) is 5.83. The van der Waals surface area contributed by atoms with E-state index >= 15 is 0 Å². The van der Waals surface area contributed by atoms with Crippen LogP contribution in [0.25, 0.3) is 0 Å². The molecular formula is C16H15FN2OS. The molecule has 21 heavy (non-hydrogen) atoms. The van der Waals surface area contributed by atoms with Crippen molar-refractivity contribution in [2.24, 2.45) is 0 Å². The van der Waals surface area contributed by atoms with Gasteiger partial charge in [-0.05, 0) is 24.3 Å². The summed E-state index contributed by atoms with van der Waals surface area (Å²) in [5, 5.41) is 2.87. The summed E-state index contributed by atoms with van der Waals surface area (Å²) in [7, 11) is 0. The number of carbonyl (C=O) groups excluding carboxylic acids is 1. The lowest BCUT2D eigenvalue weighted by Crippen LogP contribution is -2.39. The predicted molar refractivity (Wildman–Crippen MR) is 84.4 cm³/mol. The van der Waals surface area contributed by atoms with Crippen LogP contribution >= 0.6 is 11.8 Å². The number of halogens is 1. The van der Waals surface area contributed by atoms with Crippen LogP contribution in [0.15, 0.2) is 53.4 Å². The van der Waals surface area contributed by atoms with E-state index in [1.807, 2.05) is 24.3 Å². The van der Waals surface area contributed by atoms with Crippen molar-refractivity contribution in [3.05, 3.63) is 54.3 Å². The number of anilines is 2. The molecule has 0 atom stereocenters. The molecule has 0 bridgehead atoms. The predicted octanol–water partition coefficient (Wildman–Crippen LogP) is 3.38. The quantitative estimate of drug-likeness (QED) is 0.943. The van der Waals surface area contributed by atoms with Crippen molar-refractivity contribution in [3.8, 4) is 0 Å². The lowest BCUT2D eigenvalue weighted by atomic mass is 10.2. The minimum absolute atomic E-state index is 0.0500. The monoisotopic (exact) mass is 302 g/mol. The first-order valence-electron chi connectivity index (χ1n) is 6.76. The van der Waals surface area contributed by atoms with E-state index in [9.17, 15) is 9.18 Å². The zero-order valence-corrected chi connectivity index (χ0v) is 12.2. The Hall–Kier alpha value is -2.01. The Morgan fingerprint density at radius 2 is 1.95 bits per heavy atom. The Kier molecular flexibility index (Phi) is 4.10. The molecule has 1 aliphatic heterocycles. The van der Waals surface area contributed by atoms with E-state index in [0.29, 0.717) is 12.2 Å². The van der Waals surface area contributed by atoms with Gasteiger partial charge in [0.2, 0.25) is 5.91 Å². The first kappa shape index (κ1) is 13.9. The van der Waals surface area contributed by atoms with Crippen LogP contribution in [0.4, 0.5) is 15.8 Å². The van der Waals surface area contributed by atoms with E-state index in [1.54, 1.807) is 34.9 Å².